The zero-order valence-corrected chi connectivity index (χ0v) is 5.87. The fraction of sp³-hybridized carbons (Fsp3) is 0.667. The van der Waals surface area contributed by atoms with Crippen LogP contribution < -0.4 is 0 Å². The molecule has 0 saturated carbocycles. The van der Waals surface area contributed by atoms with Crippen molar-refractivity contribution in [2.75, 3.05) is 13.2 Å². The number of hydrogen-bond donors (Lipinski definition) is 0. The fourth-order valence-corrected chi connectivity index (χ4v) is 0.615. The summed E-state index contributed by atoms with van der Waals surface area (Å²) < 4.78 is 4.62. The van der Waals surface area contributed by atoms with Gasteiger partial charge in [0.15, 0.2) is 0 Å². The number of hydrogen-bond acceptors (Lipinski definition) is 5. The molecule has 1 heterocycles. The SMILES string of the molecule is O=C1CCC(=O)OOCCO1. The number of cyclic esters (lactones) is 1. The highest BCUT2D eigenvalue weighted by molar-refractivity contribution is 5.77. The van der Waals surface area contributed by atoms with Crippen LogP contribution in [0.3, 0.4) is 0 Å². The Morgan fingerprint density at radius 2 is 1.73 bits per heavy atom. The average molecular weight is 160 g/mol. The van der Waals surface area contributed by atoms with Gasteiger partial charge in [-0.05, 0) is 0 Å². The average Bonchev–Trinajstić information content (AvgIpc) is 2.06. The molecule has 0 unspecified atom stereocenters. The van der Waals surface area contributed by atoms with Crippen molar-refractivity contribution in [1.82, 2.24) is 0 Å². The Morgan fingerprint density at radius 1 is 1.00 bits per heavy atom. The van der Waals surface area contributed by atoms with Crippen LogP contribution in [-0.2, 0) is 24.1 Å². The van der Waals surface area contributed by atoms with Gasteiger partial charge in [0.05, 0.1) is 12.8 Å². The first-order valence-electron chi connectivity index (χ1n) is 3.27. The molecule has 62 valence electrons. The van der Waals surface area contributed by atoms with Crippen LogP contribution in [0.4, 0.5) is 0 Å². The predicted octanol–water partition coefficient (Wildman–Crippen LogP) is -0.202. The molecule has 1 fully saturated rings. The maximum atomic E-state index is 10.6. The van der Waals surface area contributed by atoms with Crippen LogP contribution in [0.25, 0.3) is 0 Å². The molecule has 0 radical (unpaired) electrons. The highest BCUT2D eigenvalue weighted by atomic mass is 17.2. The Hall–Kier alpha value is -1.10. The third-order valence-electron chi connectivity index (χ3n) is 1.11. The first-order valence-corrected chi connectivity index (χ1v) is 3.27. The molecule has 5 nitrogen and oxygen atoms in total. The van der Waals surface area contributed by atoms with E-state index >= 15 is 0 Å². The van der Waals surface area contributed by atoms with Crippen LogP contribution in [-0.4, -0.2) is 25.2 Å². The normalized spacial score (nSPS) is 20.7. The highest BCUT2D eigenvalue weighted by Gasteiger charge is 2.12. The summed E-state index contributed by atoms with van der Waals surface area (Å²) in [5, 5.41) is 0. The number of rotatable bonds is 0. The molecule has 5 heteroatoms. The number of ether oxygens (including phenoxy) is 1. The Labute approximate surface area is 63.2 Å². The summed E-state index contributed by atoms with van der Waals surface area (Å²) in [5.41, 5.74) is 0. The van der Waals surface area contributed by atoms with E-state index in [1.165, 1.54) is 0 Å². The van der Waals surface area contributed by atoms with Crippen molar-refractivity contribution in [3.05, 3.63) is 0 Å². The van der Waals surface area contributed by atoms with Gasteiger partial charge in [0.1, 0.15) is 13.2 Å². The van der Waals surface area contributed by atoms with Crippen molar-refractivity contribution in [2.45, 2.75) is 12.8 Å². The first-order chi connectivity index (χ1) is 5.29. The Bertz CT molecular complexity index is 146. The molecule has 0 bridgehead atoms. The molecule has 11 heavy (non-hydrogen) atoms. The van der Waals surface area contributed by atoms with E-state index in [2.05, 4.69) is 14.5 Å². The van der Waals surface area contributed by atoms with Gasteiger partial charge in [-0.1, -0.05) is 0 Å². The van der Waals surface area contributed by atoms with Gasteiger partial charge < -0.3 is 4.74 Å². The third-order valence-corrected chi connectivity index (χ3v) is 1.11. The van der Waals surface area contributed by atoms with Crippen molar-refractivity contribution in [1.29, 1.82) is 0 Å². The molecule has 1 rings (SSSR count). The van der Waals surface area contributed by atoms with E-state index in [9.17, 15) is 9.59 Å². The smallest absolute Gasteiger partial charge is 0.342 e. The third kappa shape index (κ3) is 2.99. The van der Waals surface area contributed by atoms with E-state index in [1.807, 2.05) is 0 Å². The van der Waals surface area contributed by atoms with E-state index in [1.54, 1.807) is 0 Å². The summed E-state index contributed by atoms with van der Waals surface area (Å²) in [6, 6.07) is 0. The van der Waals surface area contributed by atoms with Gasteiger partial charge in [-0.2, -0.15) is 4.89 Å². The minimum Gasteiger partial charge on any atom is -0.463 e. The maximum absolute atomic E-state index is 10.6. The quantitative estimate of drug-likeness (QED) is 0.362. The second-order valence-electron chi connectivity index (χ2n) is 2.00. The molecule has 1 saturated heterocycles. The second-order valence-corrected chi connectivity index (χ2v) is 2.00. The maximum Gasteiger partial charge on any atom is 0.342 e. The second kappa shape index (κ2) is 3.92. The number of esters is 1. The lowest BCUT2D eigenvalue weighted by Gasteiger charge is -1.98. The van der Waals surface area contributed by atoms with Gasteiger partial charge in [-0.3, -0.25) is 9.68 Å². The largest absolute Gasteiger partial charge is 0.463 e. The lowest BCUT2D eigenvalue weighted by atomic mass is 10.3. The van der Waals surface area contributed by atoms with E-state index in [0.717, 1.165) is 0 Å². The van der Waals surface area contributed by atoms with Crippen LogP contribution in [0.15, 0.2) is 0 Å². The molecule has 0 amide bonds. The Morgan fingerprint density at radius 3 is 2.55 bits per heavy atom. The summed E-state index contributed by atoms with van der Waals surface area (Å²) in [6.07, 6.45) is 0.0705. The standard InChI is InChI=1S/C6H8O5/c7-5-1-2-6(8)11-10-4-3-9-5/h1-4H2. The molecular formula is C6H8O5. The molecule has 1 aliphatic heterocycles. The molecule has 0 spiro atoms. The first kappa shape index (κ1) is 8.00. The predicted molar refractivity (Wildman–Crippen MR) is 32.2 cm³/mol. The molecule has 0 N–H and O–H groups in total. The summed E-state index contributed by atoms with van der Waals surface area (Å²) in [5.74, 6) is -0.934. The zero-order chi connectivity index (χ0) is 8.10. The van der Waals surface area contributed by atoms with Crippen molar-refractivity contribution >= 4 is 11.9 Å². The zero-order valence-electron chi connectivity index (χ0n) is 5.87. The molecule has 0 atom stereocenters. The minimum atomic E-state index is -0.538. The van der Waals surface area contributed by atoms with Crippen LogP contribution in [0.2, 0.25) is 0 Å². The lowest BCUT2D eigenvalue weighted by molar-refractivity contribution is -0.273. The molecule has 0 aromatic rings. The van der Waals surface area contributed by atoms with Gasteiger partial charge in [0, 0.05) is 0 Å². The van der Waals surface area contributed by atoms with Gasteiger partial charge in [-0.15, -0.1) is 0 Å². The van der Waals surface area contributed by atoms with Crippen LogP contribution in [0.1, 0.15) is 12.8 Å². The monoisotopic (exact) mass is 160 g/mol. The van der Waals surface area contributed by atoms with Crippen molar-refractivity contribution in [3.63, 3.8) is 0 Å². The van der Waals surface area contributed by atoms with Crippen LogP contribution >= 0.6 is 0 Å². The molecule has 0 aromatic carbocycles. The Balaban J connectivity index is 2.37. The summed E-state index contributed by atoms with van der Waals surface area (Å²) in [6.45, 7) is 0.226. The van der Waals surface area contributed by atoms with E-state index in [0.29, 0.717) is 0 Å². The van der Waals surface area contributed by atoms with Gasteiger partial charge in [0.25, 0.3) is 0 Å². The minimum absolute atomic E-state index is 0.0127. The van der Waals surface area contributed by atoms with Crippen molar-refractivity contribution in [2.24, 2.45) is 0 Å². The van der Waals surface area contributed by atoms with Gasteiger partial charge >= 0.3 is 11.9 Å². The molecule has 0 aromatic heterocycles. The topological polar surface area (TPSA) is 61.8 Å². The molecule has 0 aliphatic carbocycles. The summed E-state index contributed by atoms with van der Waals surface area (Å²) in [4.78, 5) is 29.9. The summed E-state index contributed by atoms with van der Waals surface area (Å²) in [7, 11) is 0. The fourth-order valence-electron chi connectivity index (χ4n) is 0.615. The number of carbonyl (C=O) groups is 2. The van der Waals surface area contributed by atoms with E-state index in [4.69, 9.17) is 0 Å². The van der Waals surface area contributed by atoms with Gasteiger partial charge in [-0.25, -0.2) is 4.79 Å². The summed E-state index contributed by atoms with van der Waals surface area (Å²) >= 11 is 0. The lowest BCUT2D eigenvalue weighted by Crippen LogP contribution is -2.07. The Kier molecular flexibility index (Phi) is 2.85. The molecular weight excluding hydrogens is 152 g/mol. The van der Waals surface area contributed by atoms with E-state index < -0.39 is 11.9 Å². The molecule has 1 aliphatic rings. The van der Waals surface area contributed by atoms with E-state index in [-0.39, 0.29) is 26.1 Å². The van der Waals surface area contributed by atoms with Crippen molar-refractivity contribution in [3.8, 4) is 0 Å². The van der Waals surface area contributed by atoms with Crippen LogP contribution in [0.5, 0.6) is 0 Å². The highest BCUT2D eigenvalue weighted by Crippen LogP contribution is 1.99. The van der Waals surface area contributed by atoms with Gasteiger partial charge in [0.2, 0.25) is 0 Å². The number of carbonyl (C=O) groups excluding carboxylic acids is 2. The van der Waals surface area contributed by atoms with Crippen LogP contribution in [0, 0.1) is 0 Å². The van der Waals surface area contributed by atoms with Crippen molar-refractivity contribution < 1.29 is 24.1 Å².